The zero-order valence-corrected chi connectivity index (χ0v) is 12.8. The van der Waals surface area contributed by atoms with Crippen LogP contribution in [0.4, 0.5) is 0 Å². The van der Waals surface area contributed by atoms with Crippen LogP contribution < -0.4 is 0 Å². The fourth-order valence-corrected chi connectivity index (χ4v) is 4.27. The lowest BCUT2D eigenvalue weighted by molar-refractivity contribution is -0.0452. The molecule has 1 atom stereocenters. The monoisotopic (exact) mass is 290 g/mol. The maximum absolute atomic E-state index is 6.30. The Kier molecular flexibility index (Phi) is 3.78. The summed E-state index contributed by atoms with van der Waals surface area (Å²) in [6.07, 6.45) is 10.0. The van der Waals surface area contributed by atoms with Crippen LogP contribution in [0.2, 0.25) is 0 Å². The molecular formula is C17H26N2O2. The lowest BCUT2D eigenvalue weighted by Gasteiger charge is -2.38. The van der Waals surface area contributed by atoms with Gasteiger partial charge in [-0.25, -0.2) is 0 Å². The first-order chi connectivity index (χ1) is 10.3. The second-order valence-corrected chi connectivity index (χ2v) is 7.00. The molecule has 0 radical (unpaired) electrons. The lowest BCUT2D eigenvalue weighted by Crippen LogP contribution is -2.44. The van der Waals surface area contributed by atoms with Crippen molar-refractivity contribution in [2.45, 2.75) is 50.3 Å². The smallest absolute Gasteiger partial charge is 0.0947 e. The van der Waals surface area contributed by atoms with E-state index in [4.69, 9.17) is 9.15 Å². The molecule has 1 aromatic rings. The second kappa shape index (κ2) is 5.75. The minimum atomic E-state index is 0.181. The Bertz CT molecular complexity index is 445. The van der Waals surface area contributed by atoms with Crippen molar-refractivity contribution in [3.8, 4) is 0 Å². The van der Waals surface area contributed by atoms with Crippen molar-refractivity contribution in [2.24, 2.45) is 0 Å². The maximum atomic E-state index is 6.30. The number of nitrogens with zero attached hydrogens (tertiary/aromatic N) is 2. The lowest BCUT2D eigenvalue weighted by atomic mass is 9.87. The number of rotatable bonds is 3. The van der Waals surface area contributed by atoms with E-state index in [1.54, 1.807) is 6.26 Å². The SMILES string of the molecule is c1cc(CN2CCC3(CC2)C[C@@H](N2CCCC2)CO3)co1. The number of piperidine rings is 1. The van der Waals surface area contributed by atoms with E-state index in [0.29, 0.717) is 6.04 Å². The van der Waals surface area contributed by atoms with E-state index in [0.717, 1.165) is 26.2 Å². The molecule has 0 amide bonds. The fourth-order valence-electron chi connectivity index (χ4n) is 4.27. The minimum absolute atomic E-state index is 0.181. The third kappa shape index (κ3) is 2.89. The van der Waals surface area contributed by atoms with Crippen LogP contribution in [0.1, 0.15) is 37.7 Å². The van der Waals surface area contributed by atoms with E-state index >= 15 is 0 Å². The van der Waals surface area contributed by atoms with Crippen molar-refractivity contribution in [3.63, 3.8) is 0 Å². The number of hydrogen-bond donors (Lipinski definition) is 0. The van der Waals surface area contributed by atoms with Gasteiger partial charge in [-0.1, -0.05) is 0 Å². The average Bonchev–Trinajstić information content (AvgIpc) is 3.23. The Morgan fingerprint density at radius 1 is 1.14 bits per heavy atom. The summed E-state index contributed by atoms with van der Waals surface area (Å²) in [7, 11) is 0. The van der Waals surface area contributed by atoms with Crippen LogP contribution >= 0.6 is 0 Å². The molecule has 3 saturated heterocycles. The van der Waals surface area contributed by atoms with Crippen molar-refractivity contribution < 1.29 is 9.15 Å². The Labute approximate surface area is 127 Å². The van der Waals surface area contributed by atoms with Crippen molar-refractivity contribution in [2.75, 3.05) is 32.8 Å². The summed E-state index contributed by atoms with van der Waals surface area (Å²) in [5.41, 5.74) is 1.47. The van der Waals surface area contributed by atoms with Gasteiger partial charge in [0.15, 0.2) is 0 Å². The molecule has 1 aromatic heterocycles. The van der Waals surface area contributed by atoms with Gasteiger partial charge in [-0.05, 0) is 51.3 Å². The van der Waals surface area contributed by atoms with Crippen LogP contribution in [0.25, 0.3) is 0 Å². The van der Waals surface area contributed by atoms with Gasteiger partial charge >= 0.3 is 0 Å². The molecule has 0 aliphatic carbocycles. The van der Waals surface area contributed by atoms with Crippen LogP contribution in [0.5, 0.6) is 0 Å². The Balaban J connectivity index is 1.30. The van der Waals surface area contributed by atoms with E-state index in [2.05, 4.69) is 15.9 Å². The summed E-state index contributed by atoms with van der Waals surface area (Å²) in [6, 6.07) is 2.76. The highest BCUT2D eigenvalue weighted by Gasteiger charge is 2.44. The highest BCUT2D eigenvalue weighted by atomic mass is 16.5. The predicted molar refractivity (Wildman–Crippen MR) is 81.1 cm³/mol. The summed E-state index contributed by atoms with van der Waals surface area (Å²) in [4.78, 5) is 5.19. The third-order valence-electron chi connectivity index (χ3n) is 5.60. The first-order valence-electron chi connectivity index (χ1n) is 8.44. The van der Waals surface area contributed by atoms with Gasteiger partial charge < -0.3 is 9.15 Å². The van der Waals surface area contributed by atoms with Gasteiger partial charge in [-0.3, -0.25) is 9.80 Å². The Morgan fingerprint density at radius 2 is 1.95 bits per heavy atom. The molecule has 0 N–H and O–H groups in total. The average molecular weight is 290 g/mol. The first-order valence-corrected chi connectivity index (χ1v) is 8.44. The molecule has 3 aliphatic rings. The number of hydrogen-bond acceptors (Lipinski definition) is 4. The zero-order chi connectivity index (χ0) is 14.1. The van der Waals surface area contributed by atoms with Gasteiger partial charge in [-0.15, -0.1) is 0 Å². The van der Waals surface area contributed by atoms with Gasteiger partial charge in [-0.2, -0.15) is 0 Å². The summed E-state index contributed by atoms with van der Waals surface area (Å²) in [5.74, 6) is 0. The summed E-state index contributed by atoms with van der Waals surface area (Å²) >= 11 is 0. The van der Waals surface area contributed by atoms with Crippen LogP contribution in [0.15, 0.2) is 23.0 Å². The molecule has 3 fully saturated rings. The molecule has 1 spiro atoms. The first kappa shape index (κ1) is 13.8. The molecule has 4 nitrogen and oxygen atoms in total. The molecule has 4 heterocycles. The van der Waals surface area contributed by atoms with Crippen molar-refractivity contribution in [3.05, 3.63) is 24.2 Å². The topological polar surface area (TPSA) is 28.9 Å². The normalized spacial score (nSPS) is 30.4. The van der Waals surface area contributed by atoms with Gasteiger partial charge in [0.1, 0.15) is 0 Å². The third-order valence-corrected chi connectivity index (χ3v) is 5.60. The largest absolute Gasteiger partial charge is 0.472 e. The zero-order valence-electron chi connectivity index (χ0n) is 12.8. The molecule has 0 saturated carbocycles. The van der Waals surface area contributed by atoms with Crippen molar-refractivity contribution in [1.29, 1.82) is 0 Å². The van der Waals surface area contributed by atoms with E-state index in [9.17, 15) is 0 Å². The van der Waals surface area contributed by atoms with Crippen LogP contribution in [0.3, 0.4) is 0 Å². The van der Waals surface area contributed by atoms with Crippen molar-refractivity contribution >= 4 is 0 Å². The molecule has 0 aromatic carbocycles. The molecule has 4 rings (SSSR count). The van der Waals surface area contributed by atoms with Crippen LogP contribution in [0, 0.1) is 0 Å². The second-order valence-electron chi connectivity index (χ2n) is 7.00. The van der Waals surface area contributed by atoms with Gasteiger partial charge in [0.25, 0.3) is 0 Å². The molecular weight excluding hydrogens is 264 g/mol. The number of likely N-dealkylation sites (tertiary alicyclic amines) is 2. The predicted octanol–water partition coefficient (Wildman–Crippen LogP) is 2.50. The molecule has 4 heteroatoms. The molecule has 21 heavy (non-hydrogen) atoms. The van der Waals surface area contributed by atoms with Crippen LogP contribution in [-0.2, 0) is 11.3 Å². The van der Waals surface area contributed by atoms with E-state index in [1.165, 1.54) is 50.8 Å². The maximum Gasteiger partial charge on any atom is 0.0947 e. The van der Waals surface area contributed by atoms with Gasteiger partial charge in [0, 0.05) is 31.2 Å². The van der Waals surface area contributed by atoms with E-state index in [1.807, 2.05) is 6.26 Å². The van der Waals surface area contributed by atoms with Gasteiger partial charge in [0.05, 0.1) is 24.7 Å². The molecule has 3 aliphatic heterocycles. The minimum Gasteiger partial charge on any atom is -0.472 e. The van der Waals surface area contributed by atoms with E-state index in [-0.39, 0.29) is 5.60 Å². The highest BCUT2D eigenvalue weighted by molar-refractivity contribution is 5.06. The molecule has 0 bridgehead atoms. The Morgan fingerprint density at radius 3 is 2.67 bits per heavy atom. The number of furan rings is 1. The Hall–Kier alpha value is -0.840. The van der Waals surface area contributed by atoms with Crippen LogP contribution in [-0.4, -0.2) is 54.2 Å². The van der Waals surface area contributed by atoms with E-state index < -0.39 is 0 Å². The molecule has 116 valence electrons. The number of ether oxygens (including phenoxy) is 1. The summed E-state index contributed by atoms with van der Waals surface area (Å²) < 4.78 is 11.5. The quantitative estimate of drug-likeness (QED) is 0.855. The standard InChI is InChI=1S/C17H26N2O2/c1-2-7-19(6-1)16-11-17(21-14-16)4-8-18(9-5-17)12-15-3-10-20-13-15/h3,10,13,16H,1-2,4-9,11-12,14H2/t16-/m1/s1. The molecule has 0 unspecified atom stereocenters. The highest BCUT2D eigenvalue weighted by Crippen LogP contribution is 2.38. The van der Waals surface area contributed by atoms with Gasteiger partial charge in [0.2, 0.25) is 0 Å². The summed E-state index contributed by atoms with van der Waals surface area (Å²) in [6.45, 7) is 6.85. The fraction of sp³-hybridized carbons (Fsp3) is 0.765. The van der Waals surface area contributed by atoms with Crippen molar-refractivity contribution in [1.82, 2.24) is 9.80 Å². The summed E-state index contributed by atoms with van der Waals surface area (Å²) in [5, 5.41) is 0.